The zero-order valence-electron chi connectivity index (χ0n) is 16.3. The zero-order valence-corrected chi connectivity index (χ0v) is 17.1. The quantitative estimate of drug-likeness (QED) is 0.625. The summed E-state index contributed by atoms with van der Waals surface area (Å²) in [5.74, 6) is 0.603. The number of hydroxylamine groups is 1. The van der Waals surface area contributed by atoms with Crippen LogP contribution in [0, 0.1) is 5.92 Å². The van der Waals surface area contributed by atoms with Crippen LogP contribution in [-0.2, 0) is 26.0 Å². The summed E-state index contributed by atoms with van der Waals surface area (Å²) in [7, 11) is -2.24. The van der Waals surface area contributed by atoms with Crippen molar-refractivity contribution < 1.29 is 22.8 Å². The Morgan fingerprint density at radius 1 is 1.21 bits per heavy atom. The number of benzene rings is 1. The Balaban J connectivity index is 1.57. The van der Waals surface area contributed by atoms with Crippen LogP contribution in [-0.4, -0.2) is 39.6 Å². The highest BCUT2D eigenvalue weighted by Crippen LogP contribution is 2.22. The van der Waals surface area contributed by atoms with E-state index in [1.807, 2.05) is 0 Å². The fraction of sp³-hybridized carbons (Fsp3) is 0.400. The van der Waals surface area contributed by atoms with Crippen molar-refractivity contribution >= 4 is 15.8 Å². The molecule has 1 aliphatic rings. The molecule has 3 rings (SSSR count). The molecule has 1 aromatic heterocycles. The molecule has 156 valence electrons. The predicted molar refractivity (Wildman–Crippen MR) is 106 cm³/mol. The van der Waals surface area contributed by atoms with E-state index in [4.69, 9.17) is 9.57 Å². The second-order valence-electron chi connectivity index (χ2n) is 6.87. The lowest BCUT2D eigenvalue weighted by atomic mass is 9.95. The number of ether oxygens (including phenoxy) is 1. The van der Waals surface area contributed by atoms with Gasteiger partial charge in [0.1, 0.15) is 5.75 Å². The number of carbonyl (C=O) groups is 1. The van der Waals surface area contributed by atoms with Gasteiger partial charge in [-0.3, -0.25) is 4.79 Å². The highest BCUT2D eigenvalue weighted by Gasteiger charge is 2.20. The number of pyridine rings is 1. The molecule has 1 saturated heterocycles. The summed E-state index contributed by atoms with van der Waals surface area (Å²) in [6.07, 6.45) is 3.73. The van der Waals surface area contributed by atoms with E-state index in [1.165, 1.54) is 31.5 Å². The van der Waals surface area contributed by atoms with E-state index in [9.17, 15) is 13.2 Å². The van der Waals surface area contributed by atoms with Gasteiger partial charge >= 0.3 is 5.97 Å². The Labute approximate surface area is 170 Å². The van der Waals surface area contributed by atoms with E-state index in [0.717, 1.165) is 25.9 Å². The summed E-state index contributed by atoms with van der Waals surface area (Å²) in [5, 5.41) is 3.19. The highest BCUT2D eigenvalue weighted by atomic mass is 32.2. The third-order valence-corrected chi connectivity index (χ3v) is 6.49. The molecule has 2 N–H and O–H groups in total. The van der Waals surface area contributed by atoms with Crippen molar-refractivity contribution in [3.05, 3.63) is 48.2 Å². The number of sulfone groups is 1. The highest BCUT2D eigenvalue weighted by molar-refractivity contribution is 7.91. The van der Waals surface area contributed by atoms with Crippen LogP contribution in [0.1, 0.15) is 24.8 Å². The van der Waals surface area contributed by atoms with Gasteiger partial charge in [-0.25, -0.2) is 13.4 Å². The minimum Gasteiger partial charge on any atom is -0.497 e. The fourth-order valence-corrected chi connectivity index (χ4v) is 4.39. The molecule has 0 atom stereocenters. The molecular weight excluding hydrogens is 394 g/mol. The number of aromatic nitrogens is 1. The molecule has 0 saturated carbocycles. The Bertz CT molecular complexity index is 925. The Morgan fingerprint density at radius 3 is 2.62 bits per heavy atom. The number of nitrogens with one attached hydrogen (secondary N) is 2. The molecule has 0 bridgehead atoms. The van der Waals surface area contributed by atoms with Crippen LogP contribution in [0.2, 0.25) is 0 Å². The maximum Gasteiger partial charge on any atom is 0.325 e. The second-order valence-corrected chi connectivity index (χ2v) is 8.77. The third kappa shape index (κ3) is 5.75. The van der Waals surface area contributed by atoms with Gasteiger partial charge in [0.2, 0.25) is 9.84 Å². The molecule has 0 aliphatic carbocycles. The van der Waals surface area contributed by atoms with Crippen LogP contribution in [0.3, 0.4) is 0 Å². The lowest BCUT2D eigenvalue weighted by Gasteiger charge is -2.21. The van der Waals surface area contributed by atoms with Crippen molar-refractivity contribution in [2.75, 3.05) is 20.2 Å². The van der Waals surface area contributed by atoms with Crippen LogP contribution in [0.5, 0.6) is 5.75 Å². The molecule has 2 aromatic rings. The summed E-state index contributed by atoms with van der Waals surface area (Å²) in [5.41, 5.74) is 3.26. The third-order valence-electron chi connectivity index (χ3n) is 4.82. The molecule has 1 fully saturated rings. The van der Waals surface area contributed by atoms with Gasteiger partial charge in [-0.1, -0.05) is 0 Å². The number of hydrogen-bond acceptors (Lipinski definition) is 8. The van der Waals surface area contributed by atoms with Crippen molar-refractivity contribution in [1.82, 2.24) is 15.8 Å². The number of rotatable bonds is 8. The Hall–Kier alpha value is -2.49. The molecule has 0 radical (unpaired) electrons. The van der Waals surface area contributed by atoms with Gasteiger partial charge in [0, 0.05) is 6.20 Å². The largest absolute Gasteiger partial charge is 0.497 e. The van der Waals surface area contributed by atoms with Crippen LogP contribution in [0.15, 0.2) is 52.5 Å². The molecule has 0 amide bonds. The number of methoxy groups -OCH3 is 1. The first kappa shape index (κ1) is 21.2. The molecule has 1 aromatic carbocycles. The molecule has 9 heteroatoms. The molecule has 2 heterocycles. The normalized spacial score (nSPS) is 15.1. The van der Waals surface area contributed by atoms with Crippen LogP contribution in [0.25, 0.3) is 0 Å². The van der Waals surface area contributed by atoms with Crippen LogP contribution < -0.4 is 15.5 Å². The predicted octanol–water partition coefficient (Wildman–Crippen LogP) is 1.86. The average molecular weight is 420 g/mol. The van der Waals surface area contributed by atoms with Gasteiger partial charge in [-0.15, -0.1) is 5.48 Å². The monoisotopic (exact) mass is 419 g/mol. The molecule has 8 nitrogen and oxygen atoms in total. The first-order valence-electron chi connectivity index (χ1n) is 9.46. The molecule has 1 aliphatic heterocycles. The molecular formula is C20H25N3O5S. The average Bonchev–Trinajstić information content (AvgIpc) is 2.75. The van der Waals surface area contributed by atoms with Crippen LogP contribution >= 0.6 is 0 Å². The van der Waals surface area contributed by atoms with Gasteiger partial charge in [-0.2, -0.15) is 0 Å². The number of nitrogens with zero attached hydrogens (tertiary/aromatic N) is 1. The number of piperidine rings is 1. The maximum atomic E-state index is 12.8. The van der Waals surface area contributed by atoms with Gasteiger partial charge < -0.3 is 14.9 Å². The molecule has 0 unspecified atom stereocenters. The van der Waals surface area contributed by atoms with Gasteiger partial charge in [0.25, 0.3) is 0 Å². The van der Waals surface area contributed by atoms with Gasteiger partial charge in [0.05, 0.1) is 25.0 Å². The topological polar surface area (TPSA) is 107 Å². The van der Waals surface area contributed by atoms with Gasteiger partial charge in [-0.05, 0) is 73.8 Å². The molecule has 0 spiro atoms. The summed E-state index contributed by atoms with van der Waals surface area (Å²) < 4.78 is 30.6. The van der Waals surface area contributed by atoms with E-state index in [2.05, 4.69) is 15.8 Å². The maximum absolute atomic E-state index is 12.8. The number of hydrogen-bond donors (Lipinski definition) is 2. The van der Waals surface area contributed by atoms with Crippen molar-refractivity contribution in [2.24, 2.45) is 5.92 Å². The first-order chi connectivity index (χ1) is 14.0. The number of carbonyl (C=O) groups excluding carboxylic acids is 1. The summed E-state index contributed by atoms with van der Waals surface area (Å²) in [6.45, 7) is 2.04. The SMILES string of the molecule is COc1ccc(S(=O)(=O)c2cc(CNOC(=O)CC3CCNCC3)ccn2)cc1. The van der Waals surface area contributed by atoms with E-state index in [-0.39, 0.29) is 22.4 Å². The minimum atomic E-state index is -3.76. The van der Waals surface area contributed by atoms with E-state index >= 15 is 0 Å². The van der Waals surface area contributed by atoms with Crippen molar-refractivity contribution in [3.8, 4) is 5.75 Å². The summed E-state index contributed by atoms with van der Waals surface area (Å²) in [4.78, 5) is 21.2. The van der Waals surface area contributed by atoms with Crippen molar-refractivity contribution in [2.45, 2.75) is 35.7 Å². The van der Waals surface area contributed by atoms with Crippen molar-refractivity contribution in [3.63, 3.8) is 0 Å². The van der Waals surface area contributed by atoms with E-state index in [0.29, 0.717) is 23.7 Å². The fourth-order valence-electron chi connectivity index (χ4n) is 3.15. The van der Waals surface area contributed by atoms with E-state index in [1.54, 1.807) is 18.2 Å². The lowest BCUT2D eigenvalue weighted by Crippen LogP contribution is -2.30. The lowest BCUT2D eigenvalue weighted by molar-refractivity contribution is -0.152. The Kier molecular flexibility index (Phi) is 7.18. The first-order valence-corrected chi connectivity index (χ1v) is 10.9. The van der Waals surface area contributed by atoms with Crippen LogP contribution in [0.4, 0.5) is 0 Å². The standard InChI is InChI=1S/C20H25N3O5S/c1-27-17-2-4-18(5-3-17)29(25,26)19-12-16(8-11-22-19)14-23-28-20(24)13-15-6-9-21-10-7-15/h2-5,8,11-12,15,21,23H,6-7,9-10,13-14H2,1H3. The van der Waals surface area contributed by atoms with Gasteiger partial charge in [0.15, 0.2) is 5.03 Å². The Morgan fingerprint density at radius 2 is 1.93 bits per heavy atom. The zero-order chi connectivity index (χ0) is 20.7. The second kappa shape index (κ2) is 9.82. The van der Waals surface area contributed by atoms with E-state index < -0.39 is 9.84 Å². The summed E-state index contributed by atoms with van der Waals surface area (Å²) >= 11 is 0. The smallest absolute Gasteiger partial charge is 0.325 e. The molecule has 29 heavy (non-hydrogen) atoms. The minimum absolute atomic E-state index is 0.0667. The summed E-state index contributed by atoms with van der Waals surface area (Å²) in [6, 6.07) is 9.25. The van der Waals surface area contributed by atoms with Crippen molar-refractivity contribution in [1.29, 1.82) is 0 Å².